The van der Waals surface area contributed by atoms with Crippen LogP contribution in [0.25, 0.3) is 0 Å². The van der Waals surface area contributed by atoms with Crippen molar-refractivity contribution in [3.8, 4) is 6.07 Å². The molecule has 100 valence electrons. The van der Waals surface area contributed by atoms with Gasteiger partial charge in [-0.3, -0.25) is 4.79 Å². The third kappa shape index (κ3) is 3.88. The molecule has 2 rings (SSSR count). The first kappa shape index (κ1) is 13.2. The molecule has 1 heterocycles. The summed E-state index contributed by atoms with van der Waals surface area (Å²) in [6.07, 6.45) is 7.32. The van der Waals surface area contributed by atoms with E-state index in [-0.39, 0.29) is 17.5 Å². The fraction of sp³-hybridized carbons (Fsp3) is 0.429. The van der Waals surface area contributed by atoms with Crippen LogP contribution in [0.5, 0.6) is 0 Å². The van der Waals surface area contributed by atoms with Crippen molar-refractivity contribution in [1.29, 1.82) is 5.26 Å². The lowest BCUT2D eigenvalue weighted by Gasteiger charge is -2.10. The number of furan rings is 1. The summed E-state index contributed by atoms with van der Waals surface area (Å²) in [6.45, 7) is 0.453. The molecule has 1 fully saturated rings. The number of nitrogens with one attached hydrogen (secondary N) is 2. The van der Waals surface area contributed by atoms with Crippen LogP contribution in [0.4, 0.5) is 0 Å². The first-order valence-corrected chi connectivity index (χ1v) is 6.46. The Morgan fingerprint density at radius 2 is 2.32 bits per heavy atom. The Balaban J connectivity index is 1.84. The number of amides is 1. The number of nitriles is 1. The number of carbonyl (C=O) groups is 1. The summed E-state index contributed by atoms with van der Waals surface area (Å²) < 4.78 is 5.14. The van der Waals surface area contributed by atoms with E-state index in [0.717, 1.165) is 31.4 Å². The Labute approximate surface area is 112 Å². The van der Waals surface area contributed by atoms with Gasteiger partial charge < -0.3 is 15.1 Å². The summed E-state index contributed by atoms with van der Waals surface area (Å²) in [6, 6.07) is 5.74. The van der Waals surface area contributed by atoms with Crippen molar-refractivity contribution in [1.82, 2.24) is 10.6 Å². The van der Waals surface area contributed by atoms with Crippen LogP contribution in [0.1, 0.15) is 31.4 Å². The summed E-state index contributed by atoms with van der Waals surface area (Å²) in [5.41, 5.74) is 0.0958. The Morgan fingerprint density at radius 1 is 1.53 bits per heavy atom. The maximum absolute atomic E-state index is 11.9. The van der Waals surface area contributed by atoms with Gasteiger partial charge in [-0.2, -0.15) is 5.26 Å². The molecule has 0 unspecified atom stereocenters. The molecule has 0 aromatic carbocycles. The minimum Gasteiger partial charge on any atom is -0.467 e. The highest BCUT2D eigenvalue weighted by Crippen LogP contribution is 2.17. The lowest BCUT2D eigenvalue weighted by molar-refractivity contribution is -0.117. The van der Waals surface area contributed by atoms with Gasteiger partial charge >= 0.3 is 0 Å². The molecular formula is C14H17N3O2. The van der Waals surface area contributed by atoms with Crippen molar-refractivity contribution in [3.63, 3.8) is 0 Å². The van der Waals surface area contributed by atoms with Crippen molar-refractivity contribution < 1.29 is 9.21 Å². The van der Waals surface area contributed by atoms with Crippen molar-refractivity contribution >= 4 is 5.91 Å². The molecule has 0 atom stereocenters. The molecule has 1 saturated carbocycles. The van der Waals surface area contributed by atoms with Gasteiger partial charge in [-0.05, 0) is 25.0 Å². The summed E-state index contributed by atoms with van der Waals surface area (Å²) in [5, 5.41) is 14.8. The number of nitrogens with zero attached hydrogens (tertiary/aromatic N) is 1. The topological polar surface area (TPSA) is 78.1 Å². The Morgan fingerprint density at radius 3 is 2.95 bits per heavy atom. The smallest absolute Gasteiger partial charge is 0.263 e. The summed E-state index contributed by atoms with van der Waals surface area (Å²) >= 11 is 0. The highest BCUT2D eigenvalue weighted by atomic mass is 16.3. The molecule has 1 aliphatic rings. The Kier molecular flexibility index (Phi) is 4.62. The van der Waals surface area contributed by atoms with Crippen molar-refractivity contribution in [3.05, 3.63) is 35.9 Å². The molecule has 0 bridgehead atoms. The van der Waals surface area contributed by atoms with Gasteiger partial charge in [-0.1, -0.05) is 12.8 Å². The van der Waals surface area contributed by atoms with Gasteiger partial charge in [0.25, 0.3) is 5.91 Å². The van der Waals surface area contributed by atoms with E-state index in [9.17, 15) is 4.79 Å². The van der Waals surface area contributed by atoms with Gasteiger partial charge in [-0.25, -0.2) is 0 Å². The molecule has 5 heteroatoms. The van der Waals surface area contributed by atoms with E-state index < -0.39 is 0 Å². The molecule has 19 heavy (non-hydrogen) atoms. The fourth-order valence-corrected chi connectivity index (χ4v) is 2.15. The molecule has 0 saturated heterocycles. The summed E-state index contributed by atoms with van der Waals surface area (Å²) in [4.78, 5) is 11.9. The van der Waals surface area contributed by atoms with Crippen molar-refractivity contribution in [2.75, 3.05) is 0 Å². The van der Waals surface area contributed by atoms with E-state index in [4.69, 9.17) is 9.68 Å². The second kappa shape index (κ2) is 6.64. The van der Waals surface area contributed by atoms with E-state index in [1.807, 2.05) is 12.1 Å². The lowest BCUT2D eigenvalue weighted by Crippen LogP contribution is -2.33. The van der Waals surface area contributed by atoms with E-state index in [1.165, 1.54) is 6.20 Å². The lowest BCUT2D eigenvalue weighted by atomic mass is 10.2. The Hall–Kier alpha value is -2.22. The second-order valence-electron chi connectivity index (χ2n) is 4.58. The minimum atomic E-state index is -0.304. The number of rotatable bonds is 5. The highest BCUT2D eigenvalue weighted by Gasteiger charge is 2.19. The molecular weight excluding hydrogens is 242 g/mol. The highest BCUT2D eigenvalue weighted by molar-refractivity contribution is 5.97. The van der Waals surface area contributed by atoms with Crippen LogP contribution in [0.15, 0.2) is 34.6 Å². The second-order valence-corrected chi connectivity index (χ2v) is 4.58. The van der Waals surface area contributed by atoms with Crippen LogP contribution in [-0.2, 0) is 11.3 Å². The number of carbonyl (C=O) groups excluding carboxylic acids is 1. The molecule has 0 aliphatic heterocycles. The van der Waals surface area contributed by atoms with Crippen LogP contribution in [0.2, 0.25) is 0 Å². The fourth-order valence-electron chi connectivity index (χ4n) is 2.15. The normalized spacial score (nSPS) is 16.1. The quantitative estimate of drug-likeness (QED) is 0.624. The maximum Gasteiger partial charge on any atom is 0.263 e. The zero-order valence-electron chi connectivity index (χ0n) is 10.7. The summed E-state index contributed by atoms with van der Waals surface area (Å²) in [7, 11) is 0. The van der Waals surface area contributed by atoms with Gasteiger partial charge in [0, 0.05) is 12.2 Å². The molecule has 1 amide bonds. The monoisotopic (exact) mass is 259 g/mol. The van der Waals surface area contributed by atoms with Crippen LogP contribution >= 0.6 is 0 Å². The zero-order chi connectivity index (χ0) is 13.5. The summed E-state index contributed by atoms with van der Waals surface area (Å²) in [5.74, 6) is 0.450. The van der Waals surface area contributed by atoms with Crippen molar-refractivity contribution in [2.24, 2.45) is 0 Å². The van der Waals surface area contributed by atoms with Crippen LogP contribution < -0.4 is 10.6 Å². The van der Waals surface area contributed by atoms with E-state index in [1.54, 1.807) is 12.3 Å². The molecule has 0 radical (unpaired) electrons. The molecule has 1 aromatic rings. The average molecular weight is 259 g/mol. The number of hydrogen-bond acceptors (Lipinski definition) is 4. The minimum absolute atomic E-state index is 0.0958. The van der Waals surface area contributed by atoms with E-state index >= 15 is 0 Å². The first-order chi connectivity index (χ1) is 9.29. The maximum atomic E-state index is 11.9. The van der Waals surface area contributed by atoms with E-state index in [2.05, 4.69) is 10.6 Å². The SMILES string of the molecule is N#C/C(=C/NCc1ccco1)C(=O)NC1CCCC1. The third-order valence-corrected chi connectivity index (χ3v) is 3.16. The molecule has 1 aliphatic carbocycles. The third-order valence-electron chi connectivity index (χ3n) is 3.16. The molecule has 5 nitrogen and oxygen atoms in total. The standard InChI is InChI=1S/C14H17N3O2/c15-8-11(9-16-10-13-6-3-7-19-13)14(18)17-12-4-1-2-5-12/h3,6-7,9,12,16H,1-2,4-5,10H2,(H,17,18)/b11-9-. The molecule has 1 aromatic heterocycles. The van der Waals surface area contributed by atoms with Crippen molar-refractivity contribution in [2.45, 2.75) is 38.3 Å². The van der Waals surface area contributed by atoms with E-state index in [0.29, 0.717) is 6.54 Å². The van der Waals surface area contributed by atoms with Gasteiger partial charge in [0.15, 0.2) is 0 Å². The largest absolute Gasteiger partial charge is 0.467 e. The average Bonchev–Trinajstić information content (AvgIpc) is 3.07. The molecule has 2 N–H and O–H groups in total. The van der Waals surface area contributed by atoms with Crippen LogP contribution in [0, 0.1) is 11.3 Å². The predicted molar refractivity (Wildman–Crippen MR) is 69.6 cm³/mol. The molecule has 0 spiro atoms. The van der Waals surface area contributed by atoms with Gasteiger partial charge in [0.2, 0.25) is 0 Å². The van der Waals surface area contributed by atoms with Gasteiger partial charge in [0.05, 0.1) is 12.8 Å². The van der Waals surface area contributed by atoms with Crippen LogP contribution in [0.3, 0.4) is 0 Å². The number of hydrogen-bond donors (Lipinski definition) is 2. The zero-order valence-corrected chi connectivity index (χ0v) is 10.7. The van der Waals surface area contributed by atoms with Crippen LogP contribution in [-0.4, -0.2) is 11.9 Å². The first-order valence-electron chi connectivity index (χ1n) is 6.46. The predicted octanol–water partition coefficient (Wildman–Crippen LogP) is 1.84. The van der Waals surface area contributed by atoms with Gasteiger partial charge in [0.1, 0.15) is 17.4 Å². The van der Waals surface area contributed by atoms with Gasteiger partial charge in [-0.15, -0.1) is 0 Å². The Bertz CT molecular complexity index is 479.